The van der Waals surface area contributed by atoms with Crippen molar-refractivity contribution in [3.05, 3.63) is 30.2 Å². The van der Waals surface area contributed by atoms with E-state index in [1.807, 2.05) is 0 Å². The Morgan fingerprint density at radius 2 is 1.83 bits per heavy atom. The first-order chi connectivity index (χ1) is 8.48. The second-order valence-electron chi connectivity index (χ2n) is 3.21. The van der Waals surface area contributed by atoms with Crippen LogP contribution < -0.4 is 4.74 Å². The average molecular weight is 279 g/mol. The highest BCUT2D eigenvalue weighted by molar-refractivity contribution is 6.16. The summed E-state index contributed by atoms with van der Waals surface area (Å²) in [4.78, 5) is 0. The smallest absolute Gasteiger partial charge is 0.419 e. The van der Waals surface area contributed by atoms with Crippen molar-refractivity contribution in [3.8, 4) is 17.2 Å². The topological polar surface area (TPSA) is 48.2 Å². The number of hydrogen-bond acceptors (Lipinski definition) is 4. The molecule has 2 rings (SSSR count). The van der Waals surface area contributed by atoms with Gasteiger partial charge in [-0.1, -0.05) is 0 Å². The minimum Gasteiger partial charge on any atom is -0.419 e. The standard InChI is InChI=1S/C10H6ClF3N2O2/c11-5-8-15-16-9(17-8)6-1-3-7(4-2-6)18-10(12,13)14/h1-4H,5H2. The molecule has 2 aromatic rings. The van der Waals surface area contributed by atoms with Gasteiger partial charge in [0.15, 0.2) is 0 Å². The van der Waals surface area contributed by atoms with Crippen LogP contribution in [-0.4, -0.2) is 16.6 Å². The third-order valence-electron chi connectivity index (χ3n) is 1.92. The van der Waals surface area contributed by atoms with Crippen molar-refractivity contribution in [2.24, 2.45) is 0 Å². The average Bonchev–Trinajstić information content (AvgIpc) is 2.76. The van der Waals surface area contributed by atoms with Crippen molar-refractivity contribution in [3.63, 3.8) is 0 Å². The zero-order valence-corrected chi connectivity index (χ0v) is 9.50. The molecule has 0 fully saturated rings. The lowest BCUT2D eigenvalue weighted by Crippen LogP contribution is -2.16. The third-order valence-corrected chi connectivity index (χ3v) is 2.14. The molecule has 8 heteroatoms. The molecule has 0 saturated heterocycles. The van der Waals surface area contributed by atoms with Crippen LogP contribution in [0.1, 0.15) is 5.89 Å². The molecule has 0 amide bonds. The fraction of sp³-hybridized carbons (Fsp3) is 0.200. The molecule has 0 aliphatic rings. The van der Waals surface area contributed by atoms with Gasteiger partial charge in [-0.2, -0.15) is 0 Å². The van der Waals surface area contributed by atoms with E-state index in [1.54, 1.807) is 0 Å². The Balaban J connectivity index is 2.17. The van der Waals surface area contributed by atoms with Crippen molar-refractivity contribution in [1.82, 2.24) is 10.2 Å². The first-order valence-corrected chi connectivity index (χ1v) is 5.26. The van der Waals surface area contributed by atoms with E-state index < -0.39 is 6.36 Å². The Labute approximate surface area is 104 Å². The molecule has 0 atom stereocenters. The van der Waals surface area contributed by atoms with Gasteiger partial charge in [-0.25, -0.2) is 0 Å². The number of alkyl halides is 4. The van der Waals surface area contributed by atoms with Gasteiger partial charge in [0.05, 0.1) is 0 Å². The number of hydrogen-bond donors (Lipinski definition) is 0. The van der Waals surface area contributed by atoms with Crippen LogP contribution in [0.4, 0.5) is 13.2 Å². The number of rotatable bonds is 3. The Hall–Kier alpha value is -1.76. The van der Waals surface area contributed by atoms with Gasteiger partial charge in [0.25, 0.3) is 0 Å². The van der Waals surface area contributed by atoms with Gasteiger partial charge in [0, 0.05) is 5.56 Å². The molecule has 0 bridgehead atoms. The van der Waals surface area contributed by atoms with Gasteiger partial charge in [0.2, 0.25) is 11.8 Å². The number of ether oxygens (including phenoxy) is 1. The predicted octanol–water partition coefficient (Wildman–Crippen LogP) is 3.37. The van der Waals surface area contributed by atoms with Gasteiger partial charge < -0.3 is 9.15 Å². The third kappa shape index (κ3) is 3.13. The molecule has 1 aromatic heterocycles. The van der Waals surface area contributed by atoms with E-state index in [9.17, 15) is 13.2 Å². The summed E-state index contributed by atoms with van der Waals surface area (Å²) in [5, 5.41) is 7.33. The lowest BCUT2D eigenvalue weighted by Gasteiger charge is -2.08. The molecule has 1 aromatic carbocycles. The van der Waals surface area contributed by atoms with Gasteiger partial charge in [-0.15, -0.1) is 35.0 Å². The fourth-order valence-electron chi connectivity index (χ4n) is 1.22. The maximum absolute atomic E-state index is 11.9. The summed E-state index contributed by atoms with van der Waals surface area (Å²) >= 11 is 5.48. The van der Waals surface area contributed by atoms with Gasteiger partial charge >= 0.3 is 6.36 Å². The molecule has 4 nitrogen and oxygen atoms in total. The van der Waals surface area contributed by atoms with Crippen LogP contribution in [0, 0.1) is 0 Å². The van der Waals surface area contributed by atoms with E-state index in [1.165, 1.54) is 12.1 Å². The SMILES string of the molecule is FC(F)(F)Oc1ccc(-c2nnc(CCl)o2)cc1. The summed E-state index contributed by atoms with van der Waals surface area (Å²) < 4.78 is 44.7. The van der Waals surface area contributed by atoms with Gasteiger partial charge in [-0.05, 0) is 24.3 Å². The second-order valence-corrected chi connectivity index (χ2v) is 3.47. The summed E-state index contributed by atoms with van der Waals surface area (Å²) in [7, 11) is 0. The van der Waals surface area contributed by atoms with Crippen LogP contribution in [0.25, 0.3) is 11.5 Å². The van der Waals surface area contributed by atoms with E-state index in [0.717, 1.165) is 12.1 Å². The van der Waals surface area contributed by atoms with E-state index in [-0.39, 0.29) is 23.4 Å². The van der Waals surface area contributed by atoms with Crippen LogP contribution in [0.15, 0.2) is 28.7 Å². The zero-order chi connectivity index (χ0) is 13.2. The summed E-state index contributed by atoms with van der Waals surface area (Å²) in [6, 6.07) is 5.08. The normalized spacial score (nSPS) is 11.6. The van der Waals surface area contributed by atoms with Crippen molar-refractivity contribution in [1.29, 1.82) is 0 Å². The second kappa shape index (κ2) is 4.85. The van der Waals surface area contributed by atoms with Crippen molar-refractivity contribution >= 4 is 11.6 Å². The van der Waals surface area contributed by atoms with Crippen molar-refractivity contribution in [2.75, 3.05) is 0 Å². The molecule has 1 heterocycles. The minimum atomic E-state index is -4.71. The summed E-state index contributed by atoms with van der Waals surface area (Å²) in [6.45, 7) is 0. The summed E-state index contributed by atoms with van der Waals surface area (Å²) in [5.74, 6) is 0.178. The zero-order valence-electron chi connectivity index (χ0n) is 8.74. The molecular formula is C10H6ClF3N2O2. The van der Waals surface area contributed by atoms with Crippen LogP contribution in [0.2, 0.25) is 0 Å². The maximum Gasteiger partial charge on any atom is 0.573 e. The highest BCUT2D eigenvalue weighted by Gasteiger charge is 2.31. The summed E-state index contributed by atoms with van der Waals surface area (Å²) in [5.41, 5.74) is 0.480. The minimum absolute atomic E-state index is 0.0717. The summed E-state index contributed by atoms with van der Waals surface area (Å²) in [6.07, 6.45) is -4.71. The Bertz CT molecular complexity index is 525. The molecular weight excluding hydrogens is 273 g/mol. The lowest BCUT2D eigenvalue weighted by atomic mass is 10.2. The molecule has 0 aliphatic heterocycles. The maximum atomic E-state index is 11.9. The van der Waals surface area contributed by atoms with Gasteiger partial charge in [0.1, 0.15) is 11.6 Å². The van der Waals surface area contributed by atoms with Crippen LogP contribution in [0.3, 0.4) is 0 Å². The quantitative estimate of drug-likeness (QED) is 0.808. The molecule has 96 valence electrons. The molecule has 0 spiro atoms. The highest BCUT2D eigenvalue weighted by atomic mass is 35.5. The fourth-order valence-corrected chi connectivity index (χ4v) is 1.33. The lowest BCUT2D eigenvalue weighted by molar-refractivity contribution is -0.274. The van der Waals surface area contributed by atoms with Crippen molar-refractivity contribution in [2.45, 2.75) is 12.2 Å². The number of aromatic nitrogens is 2. The molecule has 0 N–H and O–H groups in total. The first kappa shape index (κ1) is 12.7. The molecule has 0 saturated carbocycles. The van der Waals surface area contributed by atoms with Crippen molar-refractivity contribution < 1.29 is 22.3 Å². The monoisotopic (exact) mass is 278 g/mol. The van der Waals surface area contributed by atoms with Crippen LogP contribution in [0.5, 0.6) is 5.75 Å². The van der Waals surface area contributed by atoms with E-state index >= 15 is 0 Å². The van der Waals surface area contributed by atoms with E-state index in [0.29, 0.717) is 5.56 Å². The number of benzene rings is 1. The molecule has 0 unspecified atom stereocenters. The Kier molecular flexibility index (Phi) is 3.42. The number of nitrogens with zero attached hydrogens (tertiary/aromatic N) is 2. The van der Waals surface area contributed by atoms with Gasteiger partial charge in [-0.3, -0.25) is 0 Å². The molecule has 0 aliphatic carbocycles. The molecule has 0 radical (unpaired) electrons. The first-order valence-electron chi connectivity index (χ1n) is 4.72. The highest BCUT2D eigenvalue weighted by Crippen LogP contribution is 2.26. The van der Waals surface area contributed by atoms with Crippen LogP contribution >= 0.6 is 11.6 Å². The molecule has 18 heavy (non-hydrogen) atoms. The Morgan fingerprint density at radius 3 is 2.33 bits per heavy atom. The van der Waals surface area contributed by atoms with E-state index in [4.69, 9.17) is 16.0 Å². The largest absolute Gasteiger partial charge is 0.573 e. The Morgan fingerprint density at radius 1 is 1.17 bits per heavy atom. The van der Waals surface area contributed by atoms with Crippen LogP contribution in [-0.2, 0) is 5.88 Å². The number of halogens is 4. The predicted molar refractivity (Wildman–Crippen MR) is 56.0 cm³/mol. The van der Waals surface area contributed by atoms with E-state index in [2.05, 4.69) is 14.9 Å².